The lowest BCUT2D eigenvalue weighted by Gasteiger charge is -2.25. The van der Waals surface area contributed by atoms with Crippen LogP contribution in [0.2, 0.25) is 0 Å². The third kappa shape index (κ3) is 2.63. The van der Waals surface area contributed by atoms with Gasteiger partial charge in [0, 0.05) is 0 Å². The molecule has 0 bridgehead atoms. The molecule has 7 heteroatoms. The first-order valence-corrected chi connectivity index (χ1v) is 5.40. The van der Waals surface area contributed by atoms with E-state index < -0.39 is 21.8 Å². The lowest BCUT2D eigenvalue weighted by Crippen LogP contribution is -2.39. The summed E-state index contributed by atoms with van der Waals surface area (Å²) < 4.78 is 23.1. The molecule has 15 heavy (non-hydrogen) atoms. The molecule has 1 atom stereocenters. The minimum absolute atomic E-state index is 0.194. The molecule has 0 aliphatic rings. The molecule has 1 heterocycles. The molecular weight excluding hydrogens is 218 g/mol. The number of hydrogen-bond acceptors (Lipinski definition) is 5. The number of hydrogen-bond donors (Lipinski definition) is 1. The van der Waals surface area contributed by atoms with Crippen LogP contribution in [0.3, 0.4) is 0 Å². The van der Waals surface area contributed by atoms with Crippen molar-refractivity contribution in [1.82, 2.24) is 14.8 Å². The van der Waals surface area contributed by atoms with Crippen LogP contribution in [-0.4, -0.2) is 39.4 Å². The van der Waals surface area contributed by atoms with Crippen molar-refractivity contribution in [3.8, 4) is 0 Å². The van der Waals surface area contributed by atoms with Crippen molar-refractivity contribution in [1.29, 1.82) is 0 Å². The normalized spacial score (nSPS) is 13.6. The first kappa shape index (κ1) is 11.9. The predicted molar refractivity (Wildman–Crippen MR) is 54.8 cm³/mol. The molecule has 0 aliphatic heterocycles. The predicted octanol–water partition coefficient (Wildman–Crippen LogP) is -0.458. The minimum Gasteiger partial charge on any atom is -0.385 e. The van der Waals surface area contributed by atoms with Crippen LogP contribution >= 0.6 is 0 Å². The molecular formula is C8H13N3O3S. The summed E-state index contributed by atoms with van der Waals surface area (Å²) in [6.45, 7) is 5.21. The Morgan fingerprint density at radius 1 is 1.47 bits per heavy atom. The molecule has 0 fully saturated rings. The lowest BCUT2D eigenvalue weighted by molar-refractivity contribution is 0.121. The van der Waals surface area contributed by atoms with Crippen LogP contribution < -0.4 is 0 Å². The second kappa shape index (κ2) is 4.11. The summed E-state index contributed by atoms with van der Waals surface area (Å²) in [5.74, 6) is 0. The molecule has 0 radical (unpaired) electrons. The van der Waals surface area contributed by atoms with E-state index in [9.17, 15) is 13.5 Å². The molecule has 6 nitrogen and oxygen atoms in total. The van der Waals surface area contributed by atoms with Crippen LogP contribution in [0.15, 0.2) is 12.7 Å². The van der Waals surface area contributed by atoms with Crippen molar-refractivity contribution in [2.45, 2.75) is 26.9 Å². The molecule has 0 saturated carbocycles. The average molecular weight is 231 g/mol. The van der Waals surface area contributed by atoms with Crippen molar-refractivity contribution >= 4 is 15.3 Å². The Bertz CT molecular complexity index is 448. The fraction of sp³-hybridized carbons (Fsp3) is 0.625. The Hall–Kier alpha value is -1.21. The third-order valence-electron chi connectivity index (χ3n) is 1.87. The van der Waals surface area contributed by atoms with Crippen LogP contribution in [0.4, 0.5) is 0 Å². The summed E-state index contributed by atoms with van der Waals surface area (Å²) >= 11 is 0. The third-order valence-corrected chi connectivity index (χ3v) is 2.62. The van der Waals surface area contributed by atoms with E-state index in [1.807, 2.05) is 0 Å². The summed E-state index contributed by atoms with van der Waals surface area (Å²) in [6, 6.07) is 0. The first-order chi connectivity index (χ1) is 6.84. The quantitative estimate of drug-likeness (QED) is 0.661. The molecule has 0 spiro atoms. The van der Waals surface area contributed by atoms with Crippen LogP contribution in [0.25, 0.3) is 0 Å². The van der Waals surface area contributed by atoms with Gasteiger partial charge in [0.05, 0.1) is 0 Å². The van der Waals surface area contributed by atoms with E-state index in [1.165, 1.54) is 12.7 Å². The number of aromatic nitrogens is 3. The SMILES string of the molecule is CC(C)(C)C(O)C(n1cncn1)=S(=O)=O. The van der Waals surface area contributed by atoms with E-state index in [1.54, 1.807) is 20.8 Å². The highest BCUT2D eigenvalue weighted by Gasteiger charge is 2.29. The Morgan fingerprint density at radius 2 is 2.07 bits per heavy atom. The van der Waals surface area contributed by atoms with Gasteiger partial charge in [0.25, 0.3) is 0 Å². The molecule has 0 aromatic carbocycles. The average Bonchev–Trinajstić information content (AvgIpc) is 2.54. The molecule has 1 aromatic rings. The van der Waals surface area contributed by atoms with E-state index in [2.05, 4.69) is 10.1 Å². The zero-order valence-corrected chi connectivity index (χ0v) is 9.56. The van der Waals surface area contributed by atoms with Gasteiger partial charge in [0.15, 0.2) is 4.99 Å². The van der Waals surface area contributed by atoms with Crippen molar-refractivity contribution in [3.05, 3.63) is 12.7 Å². The Kier molecular flexibility index (Phi) is 3.25. The van der Waals surface area contributed by atoms with Gasteiger partial charge >= 0.3 is 0 Å². The lowest BCUT2D eigenvalue weighted by atomic mass is 9.89. The fourth-order valence-electron chi connectivity index (χ4n) is 0.985. The van der Waals surface area contributed by atoms with E-state index in [4.69, 9.17) is 0 Å². The second-order valence-corrected chi connectivity index (χ2v) is 5.07. The number of aliphatic hydroxyl groups excluding tert-OH is 1. The highest BCUT2D eigenvalue weighted by atomic mass is 32.2. The van der Waals surface area contributed by atoms with Crippen molar-refractivity contribution in [3.63, 3.8) is 0 Å². The Balaban J connectivity index is 3.26. The topological polar surface area (TPSA) is 85.1 Å². The summed E-state index contributed by atoms with van der Waals surface area (Å²) in [4.78, 5) is 3.44. The molecule has 1 unspecified atom stereocenters. The highest BCUT2D eigenvalue weighted by Crippen LogP contribution is 2.20. The molecule has 1 rings (SSSR count). The smallest absolute Gasteiger partial charge is 0.238 e. The van der Waals surface area contributed by atoms with Gasteiger partial charge in [-0.1, -0.05) is 20.8 Å². The highest BCUT2D eigenvalue weighted by molar-refractivity contribution is 7.73. The fourth-order valence-corrected chi connectivity index (χ4v) is 1.77. The molecule has 0 aliphatic carbocycles. The summed E-state index contributed by atoms with van der Waals surface area (Å²) in [5, 5.41) is 13.6. The maximum atomic E-state index is 11.0. The van der Waals surface area contributed by atoms with E-state index in [0.29, 0.717) is 0 Å². The monoisotopic (exact) mass is 231 g/mol. The second-order valence-electron chi connectivity index (χ2n) is 4.18. The van der Waals surface area contributed by atoms with Crippen LogP contribution in [0.1, 0.15) is 20.8 Å². The van der Waals surface area contributed by atoms with Crippen molar-refractivity contribution in [2.24, 2.45) is 5.41 Å². The number of nitrogens with zero attached hydrogens (tertiary/aromatic N) is 3. The van der Waals surface area contributed by atoms with Gasteiger partial charge < -0.3 is 5.11 Å². The summed E-state index contributed by atoms with van der Waals surface area (Å²) in [6.07, 6.45) is 1.32. The zero-order valence-electron chi connectivity index (χ0n) is 8.75. The number of aliphatic hydroxyl groups is 1. The molecule has 0 amide bonds. The minimum atomic E-state index is -2.53. The summed E-state index contributed by atoms with van der Waals surface area (Å²) in [7, 11) is -2.53. The Labute approximate surface area is 89.1 Å². The first-order valence-electron chi connectivity index (χ1n) is 4.33. The van der Waals surface area contributed by atoms with Crippen molar-refractivity contribution < 1.29 is 13.5 Å². The van der Waals surface area contributed by atoms with Gasteiger partial charge in [0.2, 0.25) is 10.3 Å². The Morgan fingerprint density at radius 3 is 2.40 bits per heavy atom. The van der Waals surface area contributed by atoms with Gasteiger partial charge in [-0.2, -0.15) is 13.5 Å². The standard InChI is InChI=1S/C8H13N3O3S/c1-8(2,3)6(12)7(15(13)14)11-5-9-4-10-11/h4-6,12H,1-3H3. The van der Waals surface area contributed by atoms with E-state index in [0.717, 1.165) is 4.68 Å². The van der Waals surface area contributed by atoms with E-state index >= 15 is 0 Å². The van der Waals surface area contributed by atoms with Gasteiger partial charge in [-0.15, -0.1) is 0 Å². The molecule has 0 saturated heterocycles. The molecule has 1 aromatic heterocycles. The van der Waals surface area contributed by atoms with E-state index in [-0.39, 0.29) is 4.99 Å². The van der Waals surface area contributed by atoms with Gasteiger partial charge in [-0.05, 0) is 5.41 Å². The van der Waals surface area contributed by atoms with Crippen LogP contribution in [-0.2, 0) is 10.3 Å². The van der Waals surface area contributed by atoms with Crippen molar-refractivity contribution in [2.75, 3.05) is 0 Å². The maximum absolute atomic E-state index is 11.0. The summed E-state index contributed by atoms with van der Waals surface area (Å²) in [5.41, 5.74) is -0.582. The molecule has 1 N–H and O–H groups in total. The van der Waals surface area contributed by atoms with Gasteiger partial charge in [0.1, 0.15) is 18.8 Å². The number of rotatable bonds is 1. The van der Waals surface area contributed by atoms with Crippen LogP contribution in [0, 0.1) is 5.41 Å². The molecule has 84 valence electrons. The zero-order chi connectivity index (χ0) is 11.6. The maximum Gasteiger partial charge on any atom is 0.238 e. The van der Waals surface area contributed by atoms with Gasteiger partial charge in [-0.3, -0.25) is 0 Å². The van der Waals surface area contributed by atoms with Crippen LogP contribution in [0.5, 0.6) is 0 Å². The largest absolute Gasteiger partial charge is 0.385 e. The van der Waals surface area contributed by atoms with Gasteiger partial charge in [-0.25, -0.2) is 9.67 Å².